The van der Waals surface area contributed by atoms with Crippen LogP contribution < -0.4 is 5.32 Å². The number of aliphatic hydroxyl groups excluding tert-OH is 2. The van der Waals surface area contributed by atoms with Crippen LogP contribution in [-0.4, -0.2) is 53.0 Å². The summed E-state index contributed by atoms with van der Waals surface area (Å²) in [4.78, 5) is 27.2. The maximum Gasteiger partial charge on any atom is 0.295 e. The third kappa shape index (κ3) is 5.22. The van der Waals surface area contributed by atoms with Gasteiger partial charge in [0.25, 0.3) is 11.7 Å². The number of hydrogen-bond donors (Lipinski definition) is 3. The molecule has 2 aromatic carbocycles. The molecule has 1 fully saturated rings. The lowest BCUT2D eigenvalue weighted by atomic mass is 9.95. The molecule has 2 aromatic rings. The molecule has 1 heterocycles. The van der Waals surface area contributed by atoms with Crippen LogP contribution in [0.15, 0.2) is 48.0 Å². The predicted molar refractivity (Wildman–Crippen MR) is 121 cm³/mol. The second kappa shape index (κ2) is 10.5. The first-order chi connectivity index (χ1) is 14.8. The summed E-state index contributed by atoms with van der Waals surface area (Å²) >= 11 is 18.4. The number of carbonyl (C=O) groups excluding carboxylic acids is 2. The monoisotopic (exact) mass is 482 g/mol. The Kier molecular flexibility index (Phi) is 7.97. The first-order valence-electron chi connectivity index (χ1n) is 9.66. The fourth-order valence-electron chi connectivity index (χ4n) is 3.50. The molecule has 1 aliphatic rings. The number of nitrogens with one attached hydrogen (secondary N) is 1. The largest absolute Gasteiger partial charge is 0.507 e. The van der Waals surface area contributed by atoms with E-state index in [4.69, 9.17) is 39.9 Å². The first-order valence-corrected chi connectivity index (χ1v) is 10.8. The molecule has 3 rings (SSSR count). The van der Waals surface area contributed by atoms with Crippen molar-refractivity contribution in [1.29, 1.82) is 0 Å². The van der Waals surface area contributed by atoms with Crippen LogP contribution in [0, 0.1) is 0 Å². The molecule has 0 aromatic heterocycles. The summed E-state index contributed by atoms with van der Waals surface area (Å²) in [5, 5.41) is 24.0. The average Bonchev–Trinajstić information content (AvgIpc) is 2.98. The zero-order chi connectivity index (χ0) is 22.5. The standard InChI is InChI=1S/C22H21Cl3N2O4/c23-14-4-2-13(3-5-14)20(29)18-19(16-7-6-15(24)12-17(16)25)27(22(31)21(18)30)10-1-8-26-9-11-28/h2-7,12,19,26,28-29H,1,8-11H2/b20-18+. The maximum absolute atomic E-state index is 12.9. The lowest BCUT2D eigenvalue weighted by Gasteiger charge is -2.26. The van der Waals surface area contributed by atoms with Gasteiger partial charge >= 0.3 is 0 Å². The Labute approximate surface area is 195 Å². The Morgan fingerprint density at radius 2 is 1.68 bits per heavy atom. The van der Waals surface area contributed by atoms with Gasteiger partial charge in [0, 0.05) is 33.7 Å². The molecule has 0 saturated carbocycles. The van der Waals surface area contributed by atoms with E-state index in [2.05, 4.69) is 5.32 Å². The highest BCUT2D eigenvalue weighted by atomic mass is 35.5. The van der Waals surface area contributed by atoms with Gasteiger partial charge in [0.1, 0.15) is 5.76 Å². The highest BCUT2D eigenvalue weighted by Crippen LogP contribution is 2.42. The topological polar surface area (TPSA) is 89.9 Å². The molecule has 0 radical (unpaired) electrons. The van der Waals surface area contributed by atoms with E-state index in [0.717, 1.165) is 0 Å². The molecule has 1 amide bonds. The predicted octanol–water partition coefficient (Wildman–Crippen LogP) is 4.04. The number of nitrogens with zero attached hydrogens (tertiary/aromatic N) is 1. The third-order valence-corrected chi connectivity index (χ3v) is 5.77. The van der Waals surface area contributed by atoms with E-state index in [1.54, 1.807) is 36.4 Å². The quantitative estimate of drug-likeness (QED) is 0.228. The summed E-state index contributed by atoms with van der Waals surface area (Å²) in [7, 11) is 0. The Morgan fingerprint density at radius 3 is 2.32 bits per heavy atom. The van der Waals surface area contributed by atoms with Crippen molar-refractivity contribution >= 4 is 52.3 Å². The Balaban J connectivity index is 2.05. The van der Waals surface area contributed by atoms with Gasteiger partial charge in [-0.1, -0.05) is 40.9 Å². The Morgan fingerprint density at radius 1 is 1.00 bits per heavy atom. The van der Waals surface area contributed by atoms with Crippen molar-refractivity contribution in [3.63, 3.8) is 0 Å². The minimum Gasteiger partial charge on any atom is -0.507 e. The van der Waals surface area contributed by atoms with Crippen molar-refractivity contribution in [3.8, 4) is 0 Å². The van der Waals surface area contributed by atoms with Gasteiger partial charge in [-0.3, -0.25) is 9.59 Å². The summed E-state index contributed by atoms with van der Waals surface area (Å²) in [6.07, 6.45) is 0.537. The second-order valence-corrected chi connectivity index (χ2v) is 8.27. The van der Waals surface area contributed by atoms with Gasteiger partial charge in [0.2, 0.25) is 0 Å². The molecular formula is C22H21Cl3N2O4. The summed E-state index contributed by atoms with van der Waals surface area (Å²) in [5.74, 6) is -1.80. The Hall–Kier alpha value is -2.09. The third-order valence-electron chi connectivity index (χ3n) is 4.96. The van der Waals surface area contributed by atoms with Crippen molar-refractivity contribution in [1.82, 2.24) is 10.2 Å². The summed E-state index contributed by atoms with van der Waals surface area (Å²) < 4.78 is 0. The van der Waals surface area contributed by atoms with Crippen LogP contribution in [0.2, 0.25) is 15.1 Å². The van der Waals surface area contributed by atoms with E-state index < -0.39 is 17.7 Å². The van der Waals surface area contributed by atoms with Crippen molar-refractivity contribution in [2.45, 2.75) is 12.5 Å². The van der Waals surface area contributed by atoms with E-state index in [1.165, 1.54) is 11.0 Å². The number of aliphatic hydroxyl groups is 2. The zero-order valence-electron chi connectivity index (χ0n) is 16.4. The number of halogens is 3. The van der Waals surface area contributed by atoms with Gasteiger partial charge in [-0.25, -0.2) is 0 Å². The fourth-order valence-corrected chi connectivity index (χ4v) is 4.14. The van der Waals surface area contributed by atoms with Gasteiger partial charge in [0.05, 0.1) is 18.2 Å². The number of rotatable bonds is 8. The van der Waals surface area contributed by atoms with E-state index in [0.29, 0.717) is 40.7 Å². The molecule has 1 unspecified atom stereocenters. The summed E-state index contributed by atoms with van der Waals surface area (Å²) in [6.45, 7) is 1.24. The molecule has 0 bridgehead atoms. The van der Waals surface area contributed by atoms with Crippen LogP contribution in [0.3, 0.4) is 0 Å². The average molecular weight is 484 g/mol. The summed E-state index contributed by atoms with van der Waals surface area (Å²) in [6, 6.07) is 10.3. The van der Waals surface area contributed by atoms with Crippen molar-refractivity contribution in [2.75, 3.05) is 26.2 Å². The highest BCUT2D eigenvalue weighted by Gasteiger charge is 2.46. The van der Waals surface area contributed by atoms with Crippen LogP contribution in [0.5, 0.6) is 0 Å². The molecular weight excluding hydrogens is 463 g/mol. The molecule has 31 heavy (non-hydrogen) atoms. The van der Waals surface area contributed by atoms with Crippen molar-refractivity contribution in [3.05, 3.63) is 74.2 Å². The number of likely N-dealkylation sites (tertiary alicyclic amines) is 1. The summed E-state index contributed by atoms with van der Waals surface area (Å²) in [5.41, 5.74) is 0.811. The number of amides is 1. The highest BCUT2D eigenvalue weighted by molar-refractivity contribution is 6.47. The van der Waals surface area contributed by atoms with Crippen LogP contribution in [-0.2, 0) is 9.59 Å². The van der Waals surface area contributed by atoms with Gasteiger partial charge in [-0.15, -0.1) is 0 Å². The molecule has 1 atom stereocenters. The molecule has 6 nitrogen and oxygen atoms in total. The number of ketones is 1. The first kappa shape index (κ1) is 23.6. The fraction of sp³-hybridized carbons (Fsp3) is 0.273. The van der Waals surface area contributed by atoms with Gasteiger partial charge in [-0.05, 0) is 54.9 Å². The number of benzene rings is 2. The van der Waals surface area contributed by atoms with E-state index in [9.17, 15) is 14.7 Å². The van der Waals surface area contributed by atoms with E-state index in [-0.39, 0.29) is 29.5 Å². The number of hydrogen-bond acceptors (Lipinski definition) is 5. The molecule has 164 valence electrons. The molecule has 1 saturated heterocycles. The van der Waals surface area contributed by atoms with Gasteiger partial charge in [0.15, 0.2) is 0 Å². The molecule has 1 aliphatic heterocycles. The Bertz CT molecular complexity index is 1010. The lowest BCUT2D eigenvalue weighted by Crippen LogP contribution is -2.33. The van der Waals surface area contributed by atoms with Crippen LogP contribution in [0.4, 0.5) is 0 Å². The minimum absolute atomic E-state index is 0.00594. The van der Waals surface area contributed by atoms with Crippen LogP contribution >= 0.6 is 34.8 Å². The number of Topliss-reactive ketones (excluding diaryl/α,β-unsaturated/α-hetero) is 1. The minimum atomic E-state index is -0.863. The van der Waals surface area contributed by atoms with Gasteiger partial charge in [-0.2, -0.15) is 0 Å². The molecule has 3 N–H and O–H groups in total. The smallest absolute Gasteiger partial charge is 0.295 e. The second-order valence-electron chi connectivity index (χ2n) is 6.99. The van der Waals surface area contributed by atoms with Gasteiger partial charge < -0.3 is 20.4 Å². The van der Waals surface area contributed by atoms with Crippen LogP contribution in [0.1, 0.15) is 23.6 Å². The molecule has 0 aliphatic carbocycles. The number of carbonyl (C=O) groups is 2. The maximum atomic E-state index is 12.9. The van der Waals surface area contributed by atoms with Crippen LogP contribution in [0.25, 0.3) is 5.76 Å². The normalized spacial score (nSPS) is 18.1. The molecule has 9 heteroatoms. The zero-order valence-corrected chi connectivity index (χ0v) is 18.7. The lowest BCUT2D eigenvalue weighted by molar-refractivity contribution is -0.139. The van der Waals surface area contributed by atoms with Crippen molar-refractivity contribution < 1.29 is 19.8 Å². The van der Waals surface area contributed by atoms with E-state index >= 15 is 0 Å². The SMILES string of the molecule is O=C1C(=O)N(CCCNCCO)C(c2ccc(Cl)cc2Cl)/C1=C(\O)c1ccc(Cl)cc1. The van der Waals surface area contributed by atoms with E-state index in [1.807, 2.05) is 0 Å². The van der Waals surface area contributed by atoms with Crippen molar-refractivity contribution in [2.24, 2.45) is 0 Å². The molecule has 0 spiro atoms.